The Morgan fingerprint density at radius 1 is 1.12 bits per heavy atom. The Balaban J connectivity index is 2.29. The smallest absolute Gasteiger partial charge is 0.407 e. The van der Waals surface area contributed by atoms with Gasteiger partial charge in [0, 0.05) is 18.0 Å². The lowest BCUT2D eigenvalue weighted by Gasteiger charge is -2.19. The Bertz CT molecular complexity index is 571. The maximum Gasteiger partial charge on any atom is 0.407 e. The van der Waals surface area contributed by atoms with Crippen LogP contribution in [0.5, 0.6) is 0 Å². The Morgan fingerprint density at radius 3 is 2.25 bits per heavy atom. The monoisotopic (exact) mass is 352 g/mol. The molecule has 24 heavy (non-hydrogen) atoms. The molecule has 1 rings (SSSR count). The summed E-state index contributed by atoms with van der Waals surface area (Å²) in [5, 5.41) is 5.64. The zero-order chi connectivity index (χ0) is 18.3. The second-order valence-corrected chi connectivity index (χ2v) is 7.91. The maximum atomic E-state index is 12.0. The highest BCUT2D eigenvalue weighted by atomic mass is 32.2. The molecule has 1 aromatic rings. The highest BCUT2D eigenvalue weighted by Crippen LogP contribution is 2.22. The number of alkyl carbamates (subject to hydrolysis) is 1. The number of thioether (sulfide) groups is 1. The van der Waals surface area contributed by atoms with Crippen LogP contribution in [0.2, 0.25) is 0 Å². The van der Waals surface area contributed by atoms with Crippen molar-refractivity contribution < 1.29 is 14.3 Å². The lowest BCUT2D eigenvalue weighted by atomic mass is 10.1. The number of anilines is 1. The minimum Gasteiger partial charge on any atom is -0.444 e. The van der Waals surface area contributed by atoms with E-state index in [1.165, 1.54) is 17.3 Å². The molecule has 0 radical (unpaired) electrons. The van der Waals surface area contributed by atoms with Crippen LogP contribution in [0.15, 0.2) is 12.1 Å². The van der Waals surface area contributed by atoms with E-state index in [-0.39, 0.29) is 5.91 Å². The van der Waals surface area contributed by atoms with Crippen molar-refractivity contribution >= 4 is 29.4 Å². The molecule has 0 bridgehead atoms. The summed E-state index contributed by atoms with van der Waals surface area (Å²) < 4.78 is 5.14. The summed E-state index contributed by atoms with van der Waals surface area (Å²) >= 11 is 1.47. The van der Waals surface area contributed by atoms with Gasteiger partial charge in [0.1, 0.15) is 5.60 Å². The number of aryl methyl sites for hydroxylation is 3. The number of ether oxygens (including phenoxy) is 1. The van der Waals surface area contributed by atoms with Crippen molar-refractivity contribution in [2.75, 3.05) is 23.4 Å². The lowest BCUT2D eigenvalue weighted by molar-refractivity contribution is -0.113. The van der Waals surface area contributed by atoms with Crippen molar-refractivity contribution in [3.05, 3.63) is 28.8 Å². The third kappa shape index (κ3) is 7.73. The minimum absolute atomic E-state index is 0.0349. The summed E-state index contributed by atoms with van der Waals surface area (Å²) in [5.41, 5.74) is 3.71. The molecule has 0 spiro atoms. The van der Waals surface area contributed by atoms with Crippen LogP contribution in [0.4, 0.5) is 10.5 Å². The van der Waals surface area contributed by atoms with Crippen molar-refractivity contribution in [1.82, 2.24) is 5.32 Å². The van der Waals surface area contributed by atoms with Gasteiger partial charge in [-0.2, -0.15) is 11.8 Å². The molecule has 0 heterocycles. The van der Waals surface area contributed by atoms with Crippen LogP contribution in [0.1, 0.15) is 37.5 Å². The normalized spacial score (nSPS) is 11.1. The fraction of sp³-hybridized carbons (Fsp3) is 0.556. The zero-order valence-corrected chi connectivity index (χ0v) is 16.2. The number of rotatable bonds is 6. The van der Waals surface area contributed by atoms with Crippen molar-refractivity contribution in [1.29, 1.82) is 0 Å². The number of amides is 2. The molecule has 0 aliphatic rings. The van der Waals surface area contributed by atoms with E-state index in [1.807, 2.05) is 41.5 Å². The van der Waals surface area contributed by atoms with Gasteiger partial charge in [0.15, 0.2) is 0 Å². The first-order chi connectivity index (χ1) is 11.1. The highest BCUT2D eigenvalue weighted by molar-refractivity contribution is 7.99. The Morgan fingerprint density at radius 2 is 1.71 bits per heavy atom. The van der Waals surface area contributed by atoms with Crippen LogP contribution in [0.25, 0.3) is 0 Å². The molecular weight excluding hydrogens is 324 g/mol. The predicted octanol–water partition coefficient (Wildman–Crippen LogP) is 3.81. The van der Waals surface area contributed by atoms with E-state index in [0.717, 1.165) is 16.8 Å². The van der Waals surface area contributed by atoms with Gasteiger partial charge in [0.25, 0.3) is 0 Å². The molecule has 0 unspecified atom stereocenters. The molecule has 0 aliphatic heterocycles. The summed E-state index contributed by atoms with van der Waals surface area (Å²) in [6.07, 6.45) is -0.432. The first-order valence-electron chi connectivity index (χ1n) is 8.01. The number of hydrogen-bond donors (Lipinski definition) is 2. The van der Waals surface area contributed by atoms with E-state index < -0.39 is 11.7 Å². The van der Waals surface area contributed by atoms with E-state index in [2.05, 4.69) is 22.8 Å². The minimum atomic E-state index is -0.499. The molecule has 134 valence electrons. The van der Waals surface area contributed by atoms with Gasteiger partial charge in [-0.3, -0.25) is 4.79 Å². The van der Waals surface area contributed by atoms with Crippen LogP contribution in [0, 0.1) is 20.8 Å². The quantitative estimate of drug-likeness (QED) is 0.764. The largest absolute Gasteiger partial charge is 0.444 e. The molecule has 0 atom stereocenters. The number of benzene rings is 1. The van der Waals surface area contributed by atoms with E-state index in [9.17, 15) is 9.59 Å². The maximum absolute atomic E-state index is 12.0. The van der Waals surface area contributed by atoms with Crippen LogP contribution in [-0.2, 0) is 9.53 Å². The highest BCUT2D eigenvalue weighted by Gasteiger charge is 2.15. The molecule has 2 N–H and O–H groups in total. The van der Waals surface area contributed by atoms with Crippen LogP contribution in [0.3, 0.4) is 0 Å². The molecule has 6 heteroatoms. The van der Waals surface area contributed by atoms with Gasteiger partial charge >= 0.3 is 6.09 Å². The summed E-state index contributed by atoms with van der Waals surface area (Å²) in [5.74, 6) is 0.966. The molecule has 2 amide bonds. The number of carbonyl (C=O) groups is 2. The van der Waals surface area contributed by atoms with Gasteiger partial charge in [0.2, 0.25) is 5.91 Å². The van der Waals surface area contributed by atoms with E-state index in [1.54, 1.807) is 0 Å². The van der Waals surface area contributed by atoms with Crippen molar-refractivity contribution in [2.24, 2.45) is 0 Å². The van der Waals surface area contributed by atoms with E-state index in [4.69, 9.17) is 4.74 Å². The van der Waals surface area contributed by atoms with Crippen molar-refractivity contribution in [3.8, 4) is 0 Å². The number of nitrogens with one attached hydrogen (secondary N) is 2. The molecule has 1 aromatic carbocycles. The number of hydrogen-bond acceptors (Lipinski definition) is 4. The summed E-state index contributed by atoms with van der Waals surface area (Å²) in [4.78, 5) is 23.5. The van der Waals surface area contributed by atoms with Gasteiger partial charge < -0.3 is 15.4 Å². The fourth-order valence-electron chi connectivity index (χ4n) is 2.26. The van der Waals surface area contributed by atoms with Crippen LogP contribution >= 0.6 is 11.8 Å². The van der Waals surface area contributed by atoms with E-state index >= 15 is 0 Å². The standard InChI is InChI=1S/C18H28N2O3S/c1-12-9-13(2)16(14(3)10-12)20-15(21)11-24-8-7-19-17(22)23-18(4,5)6/h9-10H,7-8,11H2,1-6H3,(H,19,22)(H,20,21). The molecule has 0 aliphatic carbocycles. The van der Waals surface area contributed by atoms with E-state index in [0.29, 0.717) is 18.1 Å². The van der Waals surface area contributed by atoms with Gasteiger partial charge in [0.05, 0.1) is 5.75 Å². The van der Waals surface area contributed by atoms with Gasteiger partial charge in [-0.25, -0.2) is 4.79 Å². The van der Waals surface area contributed by atoms with Gasteiger partial charge in [-0.1, -0.05) is 17.7 Å². The fourth-order valence-corrected chi connectivity index (χ4v) is 2.91. The molecule has 0 saturated carbocycles. The summed E-state index contributed by atoms with van der Waals surface area (Å²) in [7, 11) is 0. The Labute approximate surface area is 148 Å². The molecule has 0 aromatic heterocycles. The third-order valence-corrected chi connectivity index (χ3v) is 4.05. The lowest BCUT2D eigenvalue weighted by Crippen LogP contribution is -2.33. The summed E-state index contributed by atoms with van der Waals surface area (Å²) in [6, 6.07) is 4.11. The van der Waals surface area contributed by atoms with Crippen LogP contribution < -0.4 is 10.6 Å². The predicted molar refractivity (Wildman–Crippen MR) is 101 cm³/mol. The zero-order valence-electron chi connectivity index (χ0n) is 15.4. The Hall–Kier alpha value is -1.69. The molecule has 0 saturated heterocycles. The van der Waals surface area contributed by atoms with Gasteiger partial charge in [-0.05, 0) is 52.7 Å². The average Bonchev–Trinajstić information content (AvgIpc) is 2.40. The first kappa shape index (κ1) is 20.4. The van der Waals surface area contributed by atoms with Gasteiger partial charge in [-0.15, -0.1) is 0 Å². The SMILES string of the molecule is Cc1cc(C)c(NC(=O)CSCCNC(=O)OC(C)(C)C)c(C)c1. The van der Waals surface area contributed by atoms with Crippen molar-refractivity contribution in [3.63, 3.8) is 0 Å². The second-order valence-electron chi connectivity index (χ2n) is 6.80. The molecule has 0 fully saturated rings. The molecule has 5 nitrogen and oxygen atoms in total. The second kappa shape index (κ2) is 8.97. The average molecular weight is 353 g/mol. The summed E-state index contributed by atoms with van der Waals surface area (Å²) in [6.45, 7) is 12.0. The number of carbonyl (C=O) groups excluding carboxylic acids is 2. The topological polar surface area (TPSA) is 67.4 Å². The Kier molecular flexibility index (Phi) is 7.60. The van der Waals surface area contributed by atoms with Crippen molar-refractivity contribution in [2.45, 2.75) is 47.1 Å². The first-order valence-corrected chi connectivity index (χ1v) is 9.16. The van der Waals surface area contributed by atoms with Crippen LogP contribution in [-0.4, -0.2) is 35.7 Å². The molecular formula is C18H28N2O3S. The third-order valence-electron chi connectivity index (χ3n) is 3.09.